The van der Waals surface area contributed by atoms with Crippen molar-refractivity contribution >= 4 is 23.4 Å². The molecular weight excluding hydrogens is 332 g/mol. The van der Waals surface area contributed by atoms with Crippen LogP contribution in [0.4, 0.5) is 0 Å². The first-order valence-electron chi connectivity index (χ1n) is 7.47. The second-order valence-corrected chi connectivity index (χ2v) is 7.44. The van der Waals surface area contributed by atoms with Gasteiger partial charge in [0.25, 0.3) is 5.88 Å². The van der Waals surface area contributed by atoms with Gasteiger partial charge in [-0.3, -0.25) is 0 Å². The number of nitrogens with zero attached hydrogens (tertiary/aromatic N) is 2. The molecule has 1 aromatic carbocycles. The van der Waals surface area contributed by atoms with Crippen LogP contribution in [0.25, 0.3) is 0 Å². The van der Waals surface area contributed by atoms with Gasteiger partial charge in [0.05, 0.1) is 0 Å². The molecule has 0 aliphatic heterocycles. The lowest BCUT2D eigenvalue weighted by atomic mass is 9.97. The molecule has 0 amide bonds. The number of hydrogen-bond donors (Lipinski definition) is 1. The lowest BCUT2D eigenvalue weighted by molar-refractivity contribution is 0.387. The molecule has 0 aliphatic rings. The van der Waals surface area contributed by atoms with Crippen molar-refractivity contribution in [3.05, 3.63) is 39.5 Å². The summed E-state index contributed by atoms with van der Waals surface area (Å²) in [6, 6.07) is 3.49. The summed E-state index contributed by atoms with van der Waals surface area (Å²) in [5, 5.41) is 18.0. The Morgan fingerprint density at radius 2 is 1.91 bits per heavy atom. The molecule has 6 heteroatoms. The molecule has 0 aliphatic carbocycles. The molecule has 124 valence electrons. The zero-order valence-corrected chi connectivity index (χ0v) is 15.5. The normalized spacial score (nSPS) is 12.3. The Balaban J connectivity index is 2.55. The molecule has 4 nitrogen and oxygen atoms in total. The first kappa shape index (κ1) is 17.9. The fraction of sp³-hybridized carbons (Fsp3) is 0.412. The summed E-state index contributed by atoms with van der Waals surface area (Å²) in [4.78, 5) is 0. The van der Waals surface area contributed by atoms with Gasteiger partial charge in [-0.2, -0.15) is 11.8 Å². The highest BCUT2D eigenvalue weighted by atomic mass is 35.5. The van der Waals surface area contributed by atoms with E-state index in [1.807, 2.05) is 25.6 Å². The van der Waals surface area contributed by atoms with E-state index in [0.717, 1.165) is 33.8 Å². The minimum Gasteiger partial charge on any atom is -0.503 e. The van der Waals surface area contributed by atoms with Crippen LogP contribution in [0.2, 0.25) is 5.15 Å². The molecule has 0 bridgehead atoms. The van der Waals surface area contributed by atoms with Crippen molar-refractivity contribution in [1.29, 1.82) is 0 Å². The van der Waals surface area contributed by atoms with Gasteiger partial charge in [0, 0.05) is 16.9 Å². The average Bonchev–Trinajstić information content (AvgIpc) is 2.47. The van der Waals surface area contributed by atoms with E-state index in [9.17, 15) is 5.11 Å². The lowest BCUT2D eigenvalue weighted by Crippen LogP contribution is -2.03. The number of thioether (sulfide) groups is 1. The summed E-state index contributed by atoms with van der Waals surface area (Å²) in [5.74, 6) is 1.70. The van der Waals surface area contributed by atoms with Gasteiger partial charge in [-0.15, -0.1) is 10.2 Å². The number of aromatic hydroxyl groups is 1. The van der Waals surface area contributed by atoms with Crippen LogP contribution >= 0.6 is 23.4 Å². The van der Waals surface area contributed by atoms with Crippen LogP contribution in [0.5, 0.6) is 17.4 Å². The SMILES string of the molecule is CCSC(C)c1c(C)cc(C)c(C)c1Oc1nnc(Cl)cc1O. The third-order valence-corrected chi connectivity index (χ3v) is 5.02. The van der Waals surface area contributed by atoms with Crippen LogP contribution in [-0.2, 0) is 0 Å². The maximum Gasteiger partial charge on any atom is 0.281 e. The van der Waals surface area contributed by atoms with Crippen LogP contribution in [-0.4, -0.2) is 21.1 Å². The maximum absolute atomic E-state index is 10.00. The molecule has 23 heavy (non-hydrogen) atoms. The third kappa shape index (κ3) is 3.90. The number of rotatable bonds is 5. The van der Waals surface area contributed by atoms with Crippen molar-refractivity contribution in [2.75, 3.05) is 5.75 Å². The zero-order valence-electron chi connectivity index (χ0n) is 14.0. The molecule has 1 aromatic heterocycles. The van der Waals surface area contributed by atoms with Gasteiger partial charge >= 0.3 is 0 Å². The van der Waals surface area contributed by atoms with E-state index in [0.29, 0.717) is 0 Å². The van der Waals surface area contributed by atoms with Gasteiger partial charge in [-0.25, -0.2) is 0 Å². The standard InChI is InChI=1S/C17H21ClN2O2S/c1-6-23-12(5)15-10(3)7-9(2)11(4)16(15)22-17-13(21)8-14(18)19-20-17/h7-8,12H,6H2,1-5H3,(H,19,21). The molecular formula is C17H21ClN2O2S. The minimum atomic E-state index is -0.120. The molecule has 2 aromatic rings. The highest BCUT2D eigenvalue weighted by Gasteiger charge is 2.21. The van der Waals surface area contributed by atoms with Crippen molar-refractivity contribution in [2.24, 2.45) is 0 Å². The zero-order chi connectivity index (χ0) is 17.1. The number of hydrogen-bond acceptors (Lipinski definition) is 5. The molecule has 0 saturated carbocycles. The molecule has 0 radical (unpaired) electrons. The van der Waals surface area contributed by atoms with E-state index in [1.54, 1.807) is 0 Å². The Bertz CT molecular complexity index is 722. The highest BCUT2D eigenvalue weighted by molar-refractivity contribution is 7.99. The van der Waals surface area contributed by atoms with Gasteiger partial charge in [0.1, 0.15) is 5.75 Å². The Labute approximate surface area is 146 Å². The Morgan fingerprint density at radius 3 is 2.52 bits per heavy atom. The largest absolute Gasteiger partial charge is 0.503 e. The van der Waals surface area contributed by atoms with E-state index in [1.165, 1.54) is 6.07 Å². The van der Waals surface area contributed by atoms with Crippen LogP contribution in [0.3, 0.4) is 0 Å². The summed E-state index contributed by atoms with van der Waals surface area (Å²) < 4.78 is 5.96. The van der Waals surface area contributed by atoms with Gasteiger partial charge in [-0.05, 0) is 50.1 Å². The van der Waals surface area contributed by atoms with Crippen LogP contribution in [0.1, 0.15) is 41.4 Å². The third-order valence-electron chi connectivity index (χ3n) is 3.77. The molecule has 0 saturated heterocycles. The molecule has 0 fully saturated rings. The van der Waals surface area contributed by atoms with E-state index >= 15 is 0 Å². The number of halogens is 1. The molecule has 1 N–H and O–H groups in total. The van der Waals surface area contributed by atoms with Crippen LogP contribution in [0.15, 0.2) is 12.1 Å². The van der Waals surface area contributed by atoms with Crippen molar-refractivity contribution in [3.63, 3.8) is 0 Å². The van der Waals surface area contributed by atoms with Gasteiger partial charge in [0.2, 0.25) is 0 Å². The summed E-state index contributed by atoms with van der Waals surface area (Å²) in [7, 11) is 0. The van der Waals surface area contributed by atoms with E-state index in [4.69, 9.17) is 16.3 Å². The van der Waals surface area contributed by atoms with E-state index < -0.39 is 0 Å². The van der Waals surface area contributed by atoms with Crippen LogP contribution in [0, 0.1) is 20.8 Å². The average molecular weight is 353 g/mol. The van der Waals surface area contributed by atoms with Crippen LogP contribution < -0.4 is 4.74 Å². The highest BCUT2D eigenvalue weighted by Crippen LogP contribution is 2.42. The number of aryl methyl sites for hydroxylation is 2. The lowest BCUT2D eigenvalue weighted by Gasteiger charge is -2.21. The fourth-order valence-electron chi connectivity index (χ4n) is 2.56. The molecule has 0 spiro atoms. The van der Waals surface area contributed by atoms with E-state index in [-0.39, 0.29) is 22.0 Å². The molecule has 1 unspecified atom stereocenters. The van der Waals surface area contributed by atoms with Gasteiger partial charge < -0.3 is 9.84 Å². The van der Waals surface area contributed by atoms with Crippen molar-refractivity contribution in [1.82, 2.24) is 10.2 Å². The topological polar surface area (TPSA) is 55.2 Å². The number of aromatic nitrogens is 2. The predicted octanol–water partition coefficient (Wildman–Crippen LogP) is 5.37. The summed E-state index contributed by atoms with van der Waals surface area (Å²) in [6.45, 7) is 10.4. The molecule has 1 heterocycles. The Hall–Kier alpha value is -1.46. The molecule has 1 atom stereocenters. The second-order valence-electron chi connectivity index (χ2n) is 5.44. The molecule has 2 rings (SSSR count). The number of ether oxygens (including phenoxy) is 1. The summed E-state index contributed by atoms with van der Waals surface area (Å²) in [6.07, 6.45) is 0. The first-order valence-corrected chi connectivity index (χ1v) is 8.90. The van der Waals surface area contributed by atoms with Crippen molar-refractivity contribution in [2.45, 2.75) is 39.9 Å². The van der Waals surface area contributed by atoms with E-state index in [2.05, 4.69) is 37.0 Å². The number of benzene rings is 1. The smallest absolute Gasteiger partial charge is 0.281 e. The first-order chi connectivity index (χ1) is 10.8. The minimum absolute atomic E-state index is 0.0671. The van der Waals surface area contributed by atoms with Crippen molar-refractivity contribution in [3.8, 4) is 17.4 Å². The van der Waals surface area contributed by atoms with Crippen molar-refractivity contribution < 1.29 is 9.84 Å². The second kappa shape index (κ2) is 7.41. The Kier molecular flexibility index (Phi) is 5.76. The maximum atomic E-state index is 10.00. The summed E-state index contributed by atoms with van der Waals surface area (Å²) in [5.41, 5.74) is 4.45. The van der Waals surface area contributed by atoms with Gasteiger partial charge in [0.15, 0.2) is 10.9 Å². The Morgan fingerprint density at radius 1 is 1.22 bits per heavy atom. The monoisotopic (exact) mass is 352 g/mol. The predicted molar refractivity (Wildman–Crippen MR) is 96.0 cm³/mol. The summed E-state index contributed by atoms with van der Waals surface area (Å²) >= 11 is 7.58. The quantitative estimate of drug-likeness (QED) is 0.784. The fourth-order valence-corrected chi connectivity index (χ4v) is 3.66. The van der Waals surface area contributed by atoms with Gasteiger partial charge in [-0.1, -0.05) is 24.6 Å².